The minimum Gasteiger partial charge on any atom is -0.508 e. The lowest BCUT2D eigenvalue weighted by Crippen LogP contribution is -2.00. The molecule has 0 aliphatic rings. The lowest BCUT2D eigenvalue weighted by atomic mass is 10.1. The number of azo groups is 4. The van der Waals surface area contributed by atoms with Crippen molar-refractivity contribution in [3.63, 3.8) is 0 Å². The smallest absolute Gasteiger partial charge is 0.296 e. The number of anilines is 2. The zero-order valence-corrected chi connectivity index (χ0v) is 35.4. The topological polar surface area (TPSA) is 341 Å². The molecule has 0 aliphatic heterocycles. The highest BCUT2D eigenvalue weighted by Crippen LogP contribution is 2.45. The third-order valence-electron chi connectivity index (χ3n) is 9.64. The van der Waals surface area contributed by atoms with Gasteiger partial charge in [-0.2, -0.15) is 37.3 Å². The first-order valence-electron chi connectivity index (χ1n) is 19.1. The Labute approximate surface area is 377 Å². The van der Waals surface area contributed by atoms with Gasteiger partial charge in [-0.05, 0) is 132 Å². The van der Waals surface area contributed by atoms with E-state index in [9.17, 15) is 56.6 Å². The van der Waals surface area contributed by atoms with E-state index in [-0.39, 0.29) is 67.3 Å². The van der Waals surface area contributed by atoms with Crippen molar-refractivity contribution in [1.82, 2.24) is 0 Å². The predicted molar refractivity (Wildman–Crippen MR) is 243 cm³/mol. The Morgan fingerprint density at radius 1 is 0.373 bits per heavy atom. The van der Waals surface area contributed by atoms with E-state index < -0.39 is 52.9 Å². The van der Waals surface area contributed by atoms with Crippen molar-refractivity contribution in [2.24, 2.45) is 40.9 Å². The van der Waals surface area contributed by atoms with Crippen LogP contribution < -0.4 is 5.32 Å². The summed E-state index contributed by atoms with van der Waals surface area (Å²) in [4.78, 5) is -1.51. The second kappa shape index (κ2) is 17.9. The Balaban J connectivity index is 1.02. The summed E-state index contributed by atoms with van der Waals surface area (Å²) in [6.45, 7) is 0. The fraction of sp³-hybridized carbons (Fsp3) is 0. The van der Waals surface area contributed by atoms with E-state index in [1.54, 1.807) is 0 Å². The monoisotopic (exact) mass is 941 g/mol. The van der Waals surface area contributed by atoms with Crippen LogP contribution in [0.3, 0.4) is 0 Å². The average molecular weight is 942 g/mol. The molecule has 0 atom stereocenters. The molecule has 23 heteroatoms. The summed E-state index contributed by atoms with van der Waals surface area (Å²) in [7, 11) is -9.96. The van der Waals surface area contributed by atoms with Crippen molar-refractivity contribution in [2.75, 3.05) is 5.32 Å². The molecule has 0 spiro atoms. The van der Waals surface area contributed by atoms with E-state index in [1.165, 1.54) is 109 Å². The molecule has 0 aromatic heterocycles. The standard InChI is InChI=1S/C44H31N9O12S2/c54-31-11-15-35(37(56)21-31)50-46-25-1-5-27(6-2-25)48-52-41-39(66(60,61)62)19-23-17-29(9-13-33(23)43(41)58)45-30-10-14-34-24(18-30)20-40(67(63,64)65)42(44(34)59)53-49-28-7-3-26(4-8-28)47-51-36-16-12-32(55)22-38(36)57/h1-22,45,54-59H,(H,60,61,62)(H,63,64,65). The van der Waals surface area contributed by atoms with Gasteiger partial charge in [-0.25, -0.2) is 0 Å². The second-order valence-electron chi connectivity index (χ2n) is 14.3. The predicted octanol–water partition coefficient (Wildman–Crippen LogP) is 12.1. The molecule has 8 aromatic carbocycles. The van der Waals surface area contributed by atoms with Gasteiger partial charge < -0.3 is 36.0 Å². The van der Waals surface area contributed by atoms with Crippen LogP contribution in [0.5, 0.6) is 34.5 Å². The van der Waals surface area contributed by atoms with Crippen LogP contribution in [0, 0.1) is 0 Å². The molecular formula is C44H31N9O12S2. The molecule has 9 N–H and O–H groups in total. The molecular weight excluding hydrogens is 911 g/mol. The number of phenolic OH excluding ortho intramolecular Hbond substituents is 6. The van der Waals surface area contributed by atoms with Gasteiger partial charge in [-0.3, -0.25) is 9.11 Å². The highest BCUT2D eigenvalue weighted by molar-refractivity contribution is 7.86. The van der Waals surface area contributed by atoms with Crippen LogP contribution in [-0.4, -0.2) is 56.6 Å². The van der Waals surface area contributed by atoms with Crippen molar-refractivity contribution in [2.45, 2.75) is 9.79 Å². The molecule has 21 nitrogen and oxygen atoms in total. The molecule has 0 bridgehead atoms. The molecule has 0 unspecified atom stereocenters. The Morgan fingerprint density at radius 3 is 1.04 bits per heavy atom. The largest absolute Gasteiger partial charge is 0.508 e. The first-order valence-corrected chi connectivity index (χ1v) is 22.0. The number of rotatable bonds is 12. The zero-order chi connectivity index (χ0) is 47.6. The first-order chi connectivity index (χ1) is 31.9. The van der Waals surface area contributed by atoms with Crippen molar-refractivity contribution in [3.05, 3.63) is 133 Å². The Morgan fingerprint density at radius 2 is 0.716 bits per heavy atom. The summed E-state index contributed by atoms with van der Waals surface area (Å²) in [6.07, 6.45) is 0. The Hall–Kier alpha value is -8.90. The summed E-state index contributed by atoms with van der Waals surface area (Å²) in [6, 6.07) is 30.5. The van der Waals surface area contributed by atoms with Gasteiger partial charge in [0.1, 0.15) is 55.5 Å². The summed E-state index contributed by atoms with van der Waals surface area (Å²) < 4.78 is 70.5. The van der Waals surface area contributed by atoms with Gasteiger partial charge in [-0.1, -0.05) is 0 Å². The summed E-state index contributed by atoms with van der Waals surface area (Å²) in [5.41, 5.74) is 0.919. The SMILES string of the molecule is O=S(=O)(O)c1cc2cc(Nc3ccc4c(O)c(N=Nc5ccc(N=Nc6ccc(O)cc6O)cc5)c(S(=O)(=O)O)cc4c3)ccc2c(O)c1N=Nc1ccc(N=Nc2ccc(O)cc2O)cc1. The van der Waals surface area contributed by atoms with Gasteiger partial charge in [-0.15, -0.1) is 20.5 Å². The molecule has 336 valence electrons. The first kappa shape index (κ1) is 44.7. The second-order valence-corrected chi connectivity index (χ2v) is 17.0. The fourth-order valence-electron chi connectivity index (χ4n) is 6.42. The van der Waals surface area contributed by atoms with Crippen molar-refractivity contribution in [3.8, 4) is 34.5 Å². The molecule has 0 heterocycles. The van der Waals surface area contributed by atoms with Crippen molar-refractivity contribution < 1.29 is 56.6 Å². The summed E-state index contributed by atoms with van der Waals surface area (Å²) in [5, 5.41) is 96.6. The number of fused-ring (bicyclic) bond motifs is 2. The van der Waals surface area contributed by atoms with Gasteiger partial charge in [0.05, 0.1) is 22.7 Å². The Bertz CT molecular complexity index is 3390. The van der Waals surface area contributed by atoms with Crippen LogP contribution in [-0.2, 0) is 20.2 Å². The molecule has 8 rings (SSSR count). The lowest BCUT2D eigenvalue weighted by molar-refractivity contribution is 0.450. The minimum absolute atomic E-state index is 0.108. The number of hydrogen-bond acceptors (Lipinski definition) is 19. The van der Waals surface area contributed by atoms with E-state index in [0.717, 1.165) is 24.3 Å². The third kappa shape index (κ3) is 10.1. The zero-order valence-electron chi connectivity index (χ0n) is 33.8. The van der Waals surface area contributed by atoms with Crippen molar-refractivity contribution in [1.29, 1.82) is 0 Å². The molecule has 0 saturated carbocycles. The van der Waals surface area contributed by atoms with E-state index in [1.807, 2.05) is 0 Å². The molecule has 0 aliphatic carbocycles. The molecule has 0 saturated heterocycles. The number of phenols is 6. The summed E-state index contributed by atoms with van der Waals surface area (Å²) >= 11 is 0. The van der Waals surface area contributed by atoms with E-state index in [2.05, 4.69) is 46.2 Å². The fourth-order valence-corrected chi connectivity index (χ4v) is 7.73. The van der Waals surface area contributed by atoms with Crippen molar-refractivity contribution >= 4 is 98.7 Å². The van der Waals surface area contributed by atoms with Crippen LogP contribution >= 0.6 is 0 Å². The quantitative estimate of drug-likeness (QED) is 0.0407. The molecule has 0 radical (unpaired) electrons. The van der Waals surface area contributed by atoms with Crippen LogP contribution in [0.25, 0.3) is 21.5 Å². The van der Waals surface area contributed by atoms with Gasteiger partial charge in [0, 0.05) is 34.3 Å². The molecule has 0 amide bonds. The van der Waals surface area contributed by atoms with Gasteiger partial charge in [0.2, 0.25) is 0 Å². The number of benzene rings is 8. The maximum Gasteiger partial charge on any atom is 0.296 e. The molecule has 67 heavy (non-hydrogen) atoms. The highest BCUT2D eigenvalue weighted by atomic mass is 32.2. The van der Waals surface area contributed by atoms with E-state index >= 15 is 0 Å². The average Bonchev–Trinajstić information content (AvgIpc) is 3.27. The van der Waals surface area contributed by atoms with Gasteiger partial charge in [0.25, 0.3) is 20.2 Å². The van der Waals surface area contributed by atoms with Crippen LogP contribution in [0.4, 0.5) is 56.9 Å². The third-order valence-corrected chi connectivity index (χ3v) is 11.4. The minimum atomic E-state index is -4.98. The van der Waals surface area contributed by atoms with Gasteiger partial charge in [0.15, 0.2) is 11.5 Å². The normalized spacial score (nSPS) is 12.4. The number of hydrogen-bond donors (Lipinski definition) is 9. The van der Waals surface area contributed by atoms with Crippen LogP contribution in [0.15, 0.2) is 184 Å². The van der Waals surface area contributed by atoms with E-state index in [0.29, 0.717) is 22.7 Å². The molecule has 8 aromatic rings. The van der Waals surface area contributed by atoms with Gasteiger partial charge >= 0.3 is 0 Å². The number of nitrogens with one attached hydrogen (secondary N) is 1. The van der Waals surface area contributed by atoms with E-state index in [4.69, 9.17) is 0 Å². The Kier molecular flexibility index (Phi) is 12.0. The molecule has 0 fully saturated rings. The van der Waals surface area contributed by atoms with Crippen LogP contribution in [0.1, 0.15) is 0 Å². The van der Waals surface area contributed by atoms with Crippen LogP contribution in [0.2, 0.25) is 0 Å². The number of nitrogens with zero attached hydrogens (tertiary/aromatic N) is 8. The summed E-state index contributed by atoms with van der Waals surface area (Å²) in [5.74, 6) is -2.09. The maximum absolute atomic E-state index is 12.6. The number of aromatic hydroxyl groups is 6. The highest BCUT2D eigenvalue weighted by Gasteiger charge is 2.24. The maximum atomic E-state index is 12.6. The lowest BCUT2D eigenvalue weighted by Gasteiger charge is -2.13.